The van der Waals surface area contributed by atoms with Gasteiger partial charge in [0, 0.05) is 6.42 Å². The zero-order valence-corrected chi connectivity index (χ0v) is 13.7. The molecule has 2 rings (SSSR count). The lowest BCUT2D eigenvalue weighted by Gasteiger charge is -2.15. The fraction of sp³-hybridized carbons (Fsp3) is 0.278. The number of amides is 1. The Morgan fingerprint density at radius 1 is 1.08 bits per heavy atom. The van der Waals surface area contributed by atoms with Gasteiger partial charge in [0.25, 0.3) is 0 Å². The van der Waals surface area contributed by atoms with Gasteiger partial charge in [0.2, 0.25) is 5.91 Å². The summed E-state index contributed by atoms with van der Waals surface area (Å²) < 4.78 is 66.8. The highest BCUT2D eigenvalue weighted by Crippen LogP contribution is 2.31. The quantitative estimate of drug-likeness (QED) is 0.685. The number of ether oxygens (including phenoxy) is 1. The minimum atomic E-state index is -4.42. The van der Waals surface area contributed by atoms with Crippen molar-refractivity contribution in [1.82, 2.24) is 0 Å². The fourth-order valence-corrected chi connectivity index (χ4v) is 2.37. The maximum Gasteiger partial charge on any atom is 0.416 e. The van der Waals surface area contributed by atoms with Crippen LogP contribution in [-0.2, 0) is 11.0 Å². The lowest BCUT2D eigenvalue weighted by atomic mass is 9.96. The lowest BCUT2D eigenvalue weighted by Crippen LogP contribution is -2.16. The summed E-state index contributed by atoms with van der Waals surface area (Å²) >= 11 is 0. The summed E-state index contributed by atoms with van der Waals surface area (Å²) in [6.07, 6.45) is -4.46. The van der Waals surface area contributed by atoms with Crippen LogP contribution in [0.1, 0.15) is 30.4 Å². The van der Waals surface area contributed by atoms with Crippen LogP contribution in [0, 0.1) is 0 Å². The largest absolute Gasteiger partial charge is 0.433 e. The minimum absolute atomic E-state index is 0.0334. The summed E-state index contributed by atoms with van der Waals surface area (Å²) in [5.74, 6) is -0.999. The van der Waals surface area contributed by atoms with E-state index in [9.17, 15) is 26.7 Å². The van der Waals surface area contributed by atoms with Crippen molar-refractivity contribution >= 4 is 11.6 Å². The molecule has 1 amide bonds. The molecule has 26 heavy (non-hydrogen) atoms. The topological polar surface area (TPSA) is 38.3 Å². The summed E-state index contributed by atoms with van der Waals surface area (Å²) in [5.41, 5.74) is -0.112. The van der Waals surface area contributed by atoms with Gasteiger partial charge in [0.05, 0.1) is 11.3 Å². The van der Waals surface area contributed by atoms with Gasteiger partial charge in [-0.15, -0.1) is 0 Å². The minimum Gasteiger partial charge on any atom is -0.433 e. The molecule has 1 N–H and O–H groups in total. The van der Waals surface area contributed by atoms with Crippen LogP contribution in [0.4, 0.5) is 27.6 Å². The Morgan fingerprint density at radius 2 is 1.69 bits per heavy atom. The van der Waals surface area contributed by atoms with Crippen molar-refractivity contribution in [3.8, 4) is 5.75 Å². The summed E-state index contributed by atoms with van der Waals surface area (Å²) in [7, 11) is 0. The summed E-state index contributed by atoms with van der Waals surface area (Å²) in [4.78, 5) is 12.1. The smallest absolute Gasteiger partial charge is 0.416 e. The molecule has 0 aliphatic rings. The van der Waals surface area contributed by atoms with Crippen LogP contribution in [0.3, 0.4) is 0 Å². The van der Waals surface area contributed by atoms with Gasteiger partial charge in [0.1, 0.15) is 5.75 Å². The fourth-order valence-electron chi connectivity index (χ4n) is 2.37. The third-order valence-corrected chi connectivity index (χ3v) is 3.68. The molecular formula is C18H16F5NO2. The number of alkyl halides is 5. The first kappa shape index (κ1) is 19.7. The maximum atomic E-state index is 12.6. The standard InChI is InChI=1S/C18H16F5NO2/c1-11(12-6-8-13(9-7-12)18(21,22)23)10-16(25)24-14-4-2-3-5-15(14)26-17(19)20/h2-9,11,17H,10H2,1H3,(H,24,25). The van der Waals surface area contributed by atoms with E-state index in [1.54, 1.807) is 13.0 Å². The Balaban J connectivity index is 2.02. The lowest BCUT2D eigenvalue weighted by molar-refractivity contribution is -0.137. The van der Waals surface area contributed by atoms with Gasteiger partial charge in [-0.2, -0.15) is 22.0 Å². The van der Waals surface area contributed by atoms with Crippen LogP contribution in [0.25, 0.3) is 0 Å². The highest BCUT2D eigenvalue weighted by Gasteiger charge is 2.30. The van der Waals surface area contributed by atoms with E-state index in [0.717, 1.165) is 12.1 Å². The Hall–Kier alpha value is -2.64. The third-order valence-electron chi connectivity index (χ3n) is 3.68. The molecule has 0 saturated carbocycles. The summed E-state index contributed by atoms with van der Waals surface area (Å²) in [6, 6.07) is 10.3. The Labute approximate surface area is 146 Å². The van der Waals surface area contributed by atoms with E-state index in [1.165, 1.54) is 30.3 Å². The highest BCUT2D eigenvalue weighted by atomic mass is 19.4. The number of para-hydroxylation sites is 2. The van der Waals surface area contributed by atoms with E-state index < -0.39 is 24.3 Å². The van der Waals surface area contributed by atoms with Crippen LogP contribution in [0.5, 0.6) is 5.75 Å². The van der Waals surface area contributed by atoms with Crippen molar-refractivity contribution in [1.29, 1.82) is 0 Å². The maximum absolute atomic E-state index is 12.6. The van der Waals surface area contributed by atoms with E-state index in [0.29, 0.717) is 5.56 Å². The molecule has 0 radical (unpaired) electrons. The predicted octanol–water partition coefficient (Wildman–Crippen LogP) is 5.44. The van der Waals surface area contributed by atoms with Gasteiger partial charge in [-0.05, 0) is 35.7 Å². The molecule has 0 spiro atoms. The Kier molecular flexibility index (Phi) is 6.18. The molecule has 2 aromatic rings. The second-order valence-electron chi connectivity index (χ2n) is 5.65. The zero-order valence-electron chi connectivity index (χ0n) is 13.7. The summed E-state index contributed by atoms with van der Waals surface area (Å²) in [6.45, 7) is -1.34. The number of carbonyl (C=O) groups excluding carboxylic acids is 1. The molecule has 0 aromatic heterocycles. The number of hydrogen-bond donors (Lipinski definition) is 1. The van der Waals surface area contributed by atoms with Crippen LogP contribution >= 0.6 is 0 Å². The second kappa shape index (κ2) is 8.16. The van der Waals surface area contributed by atoms with Gasteiger partial charge in [-0.25, -0.2) is 0 Å². The normalized spacial score (nSPS) is 12.7. The first-order chi connectivity index (χ1) is 12.2. The molecule has 2 aromatic carbocycles. The van der Waals surface area contributed by atoms with Gasteiger partial charge >= 0.3 is 12.8 Å². The first-order valence-electron chi connectivity index (χ1n) is 7.67. The SMILES string of the molecule is CC(CC(=O)Nc1ccccc1OC(F)F)c1ccc(C(F)(F)F)cc1. The van der Waals surface area contributed by atoms with Crippen LogP contribution in [0.15, 0.2) is 48.5 Å². The molecule has 0 fully saturated rings. The first-order valence-corrected chi connectivity index (χ1v) is 7.67. The molecule has 1 unspecified atom stereocenters. The monoisotopic (exact) mass is 373 g/mol. The number of carbonyl (C=O) groups is 1. The van der Waals surface area contributed by atoms with E-state index in [2.05, 4.69) is 10.1 Å². The van der Waals surface area contributed by atoms with Crippen molar-refractivity contribution in [3.63, 3.8) is 0 Å². The van der Waals surface area contributed by atoms with Crippen LogP contribution < -0.4 is 10.1 Å². The average molecular weight is 373 g/mol. The molecule has 0 aliphatic carbocycles. The number of nitrogens with one attached hydrogen (secondary N) is 1. The van der Waals surface area contributed by atoms with Crippen LogP contribution in [-0.4, -0.2) is 12.5 Å². The van der Waals surface area contributed by atoms with Gasteiger partial charge in [-0.1, -0.05) is 31.2 Å². The zero-order chi connectivity index (χ0) is 19.3. The average Bonchev–Trinajstić information content (AvgIpc) is 2.55. The molecule has 140 valence electrons. The Bertz CT molecular complexity index is 744. The molecule has 0 bridgehead atoms. The molecule has 8 heteroatoms. The van der Waals surface area contributed by atoms with E-state index in [-0.39, 0.29) is 23.8 Å². The van der Waals surface area contributed by atoms with E-state index in [1.807, 2.05) is 0 Å². The van der Waals surface area contributed by atoms with Crippen molar-refractivity contribution in [2.24, 2.45) is 0 Å². The van der Waals surface area contributed by atoms with E-state index in [4.69, 9.17) is 0 Å². The van der Waals surface area contributed by atoms with Gasteiger partial charge in [-0.3, -0.25) is 4.79 Å². The predicted molar refractivity (Wildman–Crippen MR) is 86.2 cm³/mol. The van der Waals surface area contributed by atoms with Crippen molar-refractivity contribution in [2.45, 2.75) is 32.1 Å². The van der Waals surface area contributed by atoms with Crippen molar-refractivity contribution in [3.05, 3.63) is 59.7 Å². The number of hydrogen-bond acceptors (Lipinski definition) is 2. The third kappa shape index (κ3) is 5.44. The van der Waals surface area contributed by atoms with Gasteiger partial charge in [0.15, 0.2) is 0 Å². The Morgan fingerprint density at radius 3 is 2.27 bits per heavy atom. The molecule has 3 nitrogen and oxygen atoms in total. The summed E-state index contributed by atoms with van der Waals surface area (Å²) in [5, 5.41) is 2.47. The highest BCUT2D eigenvalue weighted by molar-refractivity contribution is 5.92. The number of halogens is 5. The van der Waals surface area contributed by atoms with Crippen molar-refractivity contribution < 1.29 is 31.5 Å². The number of anilines is 1. The molecule has 0 heterocycles. The number of rotatable bonds is 6. The van der Waals surface area contributed by atoms with E-state index >= 15 is 0 Å². The van der Waals surface area contributed by atoms with Crippen molar-refractivity contribution in [2.75, 3.05) is 5.32 Å². The van der Waals surface area contributed by atoms with Gasteiger partial charge < -0.3 is 10.1 Å². The second-order valence-corrected chi connectivity index (χ2v) is 5.65. The van der Waals surface area contributed by atoms with Crippen LogP contribution in [0.2, 0.25) is 0 Å². The molecule has 0 aliphatic heterocycles. The molecular weight excluding hydrogens is 357 g/mol. The molecule has 1 atom stereocenters. The molecule has 0 saturated heterocycles. The number of benzene rings is 2.